The van der Waals surface area contributed by atoms with Crippen LogP contribution in [0, 0.1) is 0 Å². The predicted octanol–water partition coefficient (Wildman–Crippen LogP) is 1.24. The lowest BCUT2D eigenvalue weighted by Crippen LogP contribution is -2.36. The molecule has 0 aliphatic carbocycles. The number of hydrogen-bond acceptors (Lipinski definition) is 4. The minimum absolute atomic E-state index is 0.0107. The van der Waals surface area contributed by atoms with Crippen LogP contribution in [0.1, 0.15) is 43.6 Å². The molecular formula is C12H20N4O2. The summed E-state index contributed by atoms with van der Waals surface area (Å²) in [7, 11) is 0. The Balaban J connectivity index is 1.92. The van der Waals surface area contributed by atoms with Crippen LogP contribution in [0.2, 0.25) is 0 Å². The molecule has 1 saturated heterocycles. The van der Waals surface area contributed by atoms with E-state index in [1.54, 1.807) is 4.68 Å². The van der Waals surface area contributed by atoms with Crippen molar-refractivity contribution in [1.29, 1.82) is 0 Å². The number of carboxylic acids is 1. The molecule has 1 N–H and O–H groups in total. The summed E-state index contributed by atoms with van der Waals surface area (Å²) in [6.07, 6.45) is 5.16. The lowest BCUT2D eigenvalue weighted by Gasteiger charge is -2.27. The summed E-state index contributed by atoms with van der Waals surface area (Å²) in [5.41, 5.74) is 0.0107. The summed E-state index contributed by atoms with van der Waals surface area (Å²) in [6.45, 7) is 6.07. The van der Waals surface area contributed by atoms with Gasteiger partial charge >= 0.3 is 5.97 Å². The van der Waals surface area contributed by atoms with Gasteiger partial charge in [-0.15, -0.1) is 5.10 Å². The molecule has 6 nitrogen and oxygen atoms in total. The van der Waals surface area contributed by atoms with Crippen LogP contribution in [0.3, 0.4) is 0 Å². The molecule has 2 unspecified atom stereocenters. The average molecular weight is 252 g/mol. The number of aromatic carboxylic acids is 1. The van der Waals surface area contributed by atoms with Gasteiger partial charge in [-0.3, -0.25) is 9.58 Å². The first-order valence-electron chi connectivity index (χ1n) is 6.51. The minimum atomic E-state index is -1.03. The summed E-state index contributed by atoms with van der Waals surface area (Å²) < 4.78 is 1.61. The fourth-order valence-electron chi connectivity index (χ4n) is 2.69. The van der Waals surface area contributed by atoms with E-state index in [0.717, 1.165) is 6.54 Å². The van der Waals surface area contributed by atoms with Crippen LogP contribution in [0.5, 0.6) is 0 Å². The Morgan fingerprint density at radius 2 is 2.28 bits per heavy atom. The summed E-state index contributed by atoms with van der Waals surface area (Å²) >= 11 is 0. The Labute approximate surface area is 107 Å². The van der Waals surface area contributed by atoms with Gasteiger partial charge in [0.05, 0.1) is 12.7 Å². The molecule has 1 fully saturated rings. The molecule has 1 aromatic rings. The van der Waals surface area contributed by atoms with Gasteiger partial charge in [0.2, 0.25) is 0 Å². The summed E-state index contributed by atoms with van der Waals surface area (Å²) in [5, 5.41) is 16.2. The van der Waals surface area contributed by atoms with Crippen LogP contribution in [-0.4, -0.2) is 49.6 Å². The Morgan fingerprint density at radius 1 is 1.50 bits per heavy atom. The van der Waals surface area contributed by atoms with Crippen molar-refractivity contribution < 1.29 is 9.90 Å². The summed E-state index contributed by atoms with van der Waals surface area (Å²) in [4.78, 5) is 13.2. The minimum Gasteiger partial charge on any atom is -0.476 e. The molecule has 0 bridgehead atoms. The zero-order chi connectivity index (χ0) is 13.1. The van der Waals surface area contributed by atoms with Crippen LogP contribution in [0.15, 0.2) is 6.20 Å². The first-order valence-corrected chi connectivity index (χ1v) is 6.51. The van der Waals surface area contributed by atoms with Gasteiger partial charge in [0.15, 0.2) is 5.69 Å². The topological polar surface area (TPSA) is 71.2 Å². The molecule has 2 heterocycles. The van der Waals surface area contributed by atoms with Gasteiger partial charge in [0.25, 0.3) is 0 Å². The molecule has 1 aliphatic rings. The zero-order valence-corrected chi connectivity index (χ0v) is 10.9. The van der Waals surface area contributed by atoms with E-state index in [-0.39, 0.29) is 5.69 Å². The van der Waals surface area contributed by atoms with Gasteiger partial charge in [-0.1, -0.05) is 12.1 Å². The van der Waals surface area contributed by atoms with Gasteiger partial charge in [0.1, 0.15) is 0 Å². The van der Waals surface area contributed by atoms with E-state index in [0.29, 0.717) is 18.6 Å². The molecule has 100 valence electrons. The lowest BCUT2D eigenvalue weighted by molar-refractivity contribution is 0.0690. The fraction of sp³-hybridized carbons (Fsp3) is 0.750. The molecule has 0 radical (unpaired) electrons. The van der Waals surface area contributed by atoms with Crippen molar-refractivity contribution >= 4 is 5.97 Å². The highest BCUT2D eigenvalue weighted by atomic mass is 16.4. The first kappa shape index (κ1) is 13.0. The molecular weight excluding hydrogens is 232 g/mol. The molecule has 18 heavy (non-hydrogen) atoms. The summed E-state index contributed by atoms with van der Waals surface area (Å²) in [5.74, 6) is -1.03. The van der Waals surface area contributed by atoms with Gasteiger partial charge in [-0.2, -0.15) is 0 Å². The number of nitrogens with zero attached hydrogens (tertiary/aromatic N) is 4. The molecule has 1 aromatic heterocycles. The summed E-state index contributed by atoms with van der Waals surface area (Å²) in [6, 6.07) is 1.26. The predicted molar refractivity (Wildman–Crippen MR) is 66.5 cm³/mol. The number of hydrogen-bond donors (Lipinski definition) is 1. The van der Waals surface area contributed by atoms with Crippen molar-refractivity contribution in [2.45, 2.75) is 51.7 Å². The number of likely N-dealkylation sites (tertiary alicyclic amines) is 1. The Hall–Kier alpha value is -1.43. The molecule has 6 heteroatoms. The average Bonchev–Trinajstić information content (AvgIpc) is 2.93. The van der Waals surface area contributed by atoms with Gasteiger partial charge in [-0.25, -0.2) is 4.79 Å². The van der Waals surface area contributed by atoms with Gasteiger partial charge in [0, 0.05) is 18.6 Å². The third kappa shape index (κ3) is 2.69. The van der Waals surface area contributed by atoms with Crippen LogP contribution in [0.4, 0.5) is 0 Å². The standard InChI is InChI=1S/C12H20N4O2/c1-3-10-5-4-9(2)16(10)7-6-15-8-11(12(17)18)13-14-15/h8-10H,3-7H2,1-2H3,(H,17,18). The van der Waals surface area contributed by atoms with E-state index in [4.69, 9.17) is 5.11 Å². The highest BCUT2D eigenvalue weighted by molar-refractivity contribution is 5.84. The van der Waals surface area contributed by atoms with E-state index < -0.39 is 5.97 Å². The molecule has 0 amide bonds. The molecule has 0 aromatic carbocycles. The smallest absolute Gasteiger partial charge is 0.358 e. The molecule has 0 saturated carbocycles. The van der Waals surface area contributed by atoms with E-state index in [1.807, 2.05) is 0 Å². The van der Waals surface area contributed by atoms with Crippen molar-refractivity contribution in [2.24, 2.45) is 0 Å². The largest absolute Gasteiger partial charge is 0.476 e. The van der Waals surface area contributed by atoms with Crippen molar-refractivity contribution in [2.75, 3.05) is 6.54 Å². The monoisotopic (exact) mass is 252 g/mol. The van der Waals surface area contributed by atoms with E-state index >= 15 is 0 Å². The first-order chi connectivity index (χ1) is 8.61. The highest BCUT2D eigenvalue weighted by Crippen LogP contribution is 2.25. The normalized spacial score (nSPS) is 24.6. The Kier molecular flexibility index (Phi) is 3.96. The van der Waals surface area contributed by atoms with Gasteiger partial charge < -0.3 is 5.11 Å². The maximum absolute atomic E-state index is 10.7. The SMILES string of the molecule is CCC1CCC(C)N1CCn1cc(C(=O)O)nn1. The molecule has 2 atom stereocenters. The second kappa shape index (κ2) is 5.48. The number of carbonyl (C=O) groups is 1. The molecule has 2 rings (SSSR count). The number of aromatic nitrogens is 3. The number of rotatable bonds is 5. The Morgan fingerprint density at radius 3 is 2.89 bits per heavy atom. The lowest BCUT2D eigenvalue weighted by atomic mass is 10.1. The third-order valence-electron chi connectivity index (χ3n) is 3.77. The second-order valence-corrected chi connectivity index (χ2v) is 4.90. The van der Waals surface area contributed by atoms with E-state index in [2.05, 4.69) is 29.1 Å². The van der Waals surface area contributed by atoms with E-state index in [9.17, 15) is 4.79 Å². The maximum atomic E-state index is 10.7. The Bertz CT molecular complexity index is 418. The molecule has 1 aliphatic heterocycles. The maximum Gasteiger partial charge on any atom is 0.358 e. The van der Waals surface area contributed by atoms with Gasteiger partial charge in [-0.05, 0) is 26.2 Å². The zero-order valence-electron chi connectivity index (χ0n) is 10.9. The van der Waals surface area contributed by atoms with Crippen molar-refractivity contribution in [1.82, 2.24) is 19.9 Å². The van der Waals surface area contributed by atoms with Crippen LogP contribution in [-0.2, 0) is 6.54 Å². The molecule has 0 spiro atoms. The van der Waals surface area contributed by atoms with Crippen LogP contribution < -0.4 is 0 Å². The highest BCUT2D eigenvalue weighted by Gasteiger charge is 2.28. The van der Waals surface area contributed by atoms with Crippen molar-refractivity contribution in [3.63, 3.8) is 0 Å². The van der Waals surface area contributed by atoms with Crippen molar-refractivity contribution in [3.8, 4) is 0 Å². The fourth-order valence-corrected chi connectivity index (χ4v) is 2.69. The van der Waals surface area contributed by atoms with Crippen molar-refractivity contribution in [3.05, 3.63) is 11.9 Å². The van der Waals surface area contributed by atoms with E-state index in [1.165, 1.54) is 25.5 Å². The second-order valence-electron chi connectivity index (χ2n) is 4.90. The quantitative estimate of drug-likeness (QED) is 0.853. The van der Waals surface area contributed by atoms with Crippen LogP contribution in [0.25, 0.3) is 0 Å². The number of carboxylic acid groups (broad SMARTS) is 1. The van der Waals surface area contributed by atoms with Crippen LogP contribution >= 0.6 is 0 Å². The third-order valence-corrected chi connectivity index (χ3v) is 3.77.